The first kappa shape index (κ1) is 16.7. The number of nitrogens with zero attached hydrogens (tertiary/aromatic N) is 2. The number of amides is 1. The predicted molar refractivity (Wildman–Crippen MR) is 86.6 cm³/mol. The molecule has 1 aliphatic rings. The summed E-state index contributed by atoms with van der Waals surface area (Å²) >= 11 is 0. The third kappa shape index (κ3) is 4.95. The lowest BCUT2D eigenvalue weighted by Gasteiger charge is -2.27. The van der Waals surface area contributed by atoms with Gasteiger partial charge in [0.2, 0.25) is 5.91 Å². The SMILES string of the molecule is CC(C)N1C=CC=C(C(=O)NCCOC(=O)c2cccnc2)C1. The lowest BCUT2D eigenvalue weighted by Crippen LogP contribution is -2.36. The number of ether oxygens (including phenoxy) is 1. The fourth-order valence-corrected chi connectivity index (χ4v) is 2.06. The highest BCUT2D eigenvalue weighted by Crippen LogP contribution is 2.10. The maximum absolute atomic E-state index is 12.1. The van der Waals surface area contributed by atoms with E-state index in [0.717, 1.165) is 0 Å². The lowest BCUT2D eigenvalue weighted by molar-refractivity contribution is -0.117. The maximum atomic E-state index is 12.1. The van der Waals surface area contributed by atoms with E-state index in [1.165, 1.54) is 6.20 Å². The number of allylic oxidation sites excluding steroid dienone is 2. The van der Waals surface area contributed by atoms with Crippen LogP contribution in [0.3, 0.4) is 0 Å². The maximum Gasteiger partial charge on any atom is 0.339 e. The van der Waals surface area contributed by atoms with E-state index in [1.54, 1.807) is 24.4 Å². The second-order valence-corrected chi connectivity index (χ2v) is 5.43. The monoisotopic (exact) mass is 315 g/mol. The van der Waals surface area contributed by atoms with Gasteiger partial charge in [0, 0.05) is 30.6 Å². The van der Waals surface area contributed by atoms with Gasteiger partial charge in [-0.3, -0.25) is 9.78 Å². The number of hydrogen-bond donors (Lipinski definition) is 1. The van der Waals surface area contributed by atoms with Crippen molar-refractivity contribution in [2.45, 2.75) is 19.9 Å². The van der Waals surface area contributed by atoms with E-state index in [-0.39, 0.29) is 19.1 Å². The Balaban J connectivity index is 1.72. The van der Waals surface area contributed by atoms with Gasteiger partial charge in [0.25, 0.3) is 0 Å². The van der Waals surface area contributed by atoms with Crippen LogP contribution in [0.25, 0.3) is 0 Å². The van der Waals surface area contributed by atoms with Crippen LogP contribution >= 0.6 is 0 Å². The fraction of sp³-hybridized carbons (Fsp3) is 0.353. The number of hydrogen-bond acceptors (Lipinski definition) is 5. The normalized spacial score (nSPS) is 13.7. The van der Waals surface area contributed by atoms with Crippen LogP contribution < -0.4 is 5.32 Å². The van der Waals surface area contributed by atoms with Crippen molar-refractivity contribution in [3.05, 3.63) is 54.0 Å². The molecule has 0 saturated heterocycles. The molecule has 6 nitrogen and oxygen atoms in total. The molecule has 1 aromatic heterocycles. The minimum atomic E-state index is -0.446. The Kier molecular flexibility index (Phi) is 5.91. The molecule has 0 unspecified atom stereocenters. The van der Waals surface area contributed by atoms with E-state index in [1.807, 2.05) is 12.3 Å². The molecule has 0 aromatic carbocycles. The van der Waals surface area contributed by atoms with E-state index >= 15 is 0 Å². The molecular formula is C17H21N3O3. The van der Waals surface area contributed by atoms with Gasteiger partial charge in [-0.2, -0.15) is 0 Å². The van der Waals surface area contributed by atoms with E-state index in [2.05, 4.69) is 29.0 Å². The van der Waals surface area contributed by atoms with Gasteiger partial charge in [-0.1, -0.05) is 6.08 Å². The van der Waals surface area contributed by atoms with Gasteiger partial charge in [-0.25, -0.2) is 4.79 Å². The molecule has 0 saturated carbocycles. The van der Waals surface area contributed by atoms with Crippen LogP contribution in [0.1, 0.15) is 24.2 Å². The van der Waals surface area contributed by atoms with Crippen molar-refractivity contribution >= 4 is 11.9 Å². The Morgan fingerprint density at radius 3 is 2.96 bits per heavy atom. The summed E-state index contributed by atoms with van der Waals surface area (Å²) in [6.45, 7) is 5.12. The number of esters is 1. The van der Waals surface area contributed by atoms with Crippen molar-refractivity contribution in [3.63, 3.8) is 0 Å². The Hall–Kier alpha value is -2.63. The summed E-state index contributed by atoms with van der Waals surface area (Å²) in [7, 11) is 0. The summed E-state index contributed by atoms with van der Waals surface area (Å²) in [5, 5.41) is 2.76. The van der Waals surface area contributed by atoms with Crippen molar-refractivity contribution in [2.24, 2.45) is 0 Å². The summed E-state index contributed by atoms with van der Waals surface area (Å²) in [5.74, 6) is -0.587. The van der Waals surface area contributed by atoms with Gasteiger partial charge in [-0.15, -0.1) is 0 Å². The van der Waals surface area contributed by atoms with Crippen molar-refractivity contribution < 1.29 is 14.3 Å². The lowest BCUT2D eigenvalue weighted by atomic mass is 10.1. The second-order valence-electron chi connectivity index (χ2n) is 5.43. The quantitative estimate of drug-likeness (QED) is 0.636. The minimum Gasteiger partial charge on any atom is -0.460 e. The van der Waals surface area contributed by atoms with E-state index in [0.29, 0.717) is 23.7 Å². The fourth-order valence-electron chi connectivity index (χ4n) is 2.06. The number of nitrogens with one attached hydrogen (secondary N) is 1. The molecule has 6 heteroatoms. The van der Waals surface area contributed by atoms with Crippen molar-refractivity contribution in [2.75, 3.05) is 19.7 Å². The topological polar surface area (TPSA) is 71.5 Å². The van der Waals surface area contributed by atoms with E-state index in [4.69, 9.17) is 4.74 Å². The highest BCUT2D eigenvalue weighted by Gasteiger charge is 2.16. The molecule has 2 rings (SSSR count). The van der Waals surface area contributed by atoms with Gasteiger partial charge >= 0.3 is 5.97 Å². The highest BCUT2D eigenvalue weighted by molar-refractivity contribution is 5.94. The molecule has 23 heavy (non-hydrogen) atoms. The van der Waals surface area contributed by atoms with Gasteiger partial charge < -0.3 is 15.0 Å². The molecule has 0 bridgehead atoms. The number of rotatable bonds is 6. The Morgan fingerprint density at radius 2 is 2.26 bits per heavy atom. The van der Waals surface area contributed by atoms with Gasteiger partial charge in [0.1, 0.15) is 6.61 Å². The van der Waals surface area contributed by atoms with Crippen LogP contribution in [0, 0.1) is 0 Å². The molecule has 1 aromatic rings. The Labute approximate surface area is 135 Å². The Bertz CT molecular complexity index is 609. The minimum absolute atomic E-state index is 0.122. The molecule has 1 amide bonds. The molecule has 0 aliphatic carbocycles. The summed E-state index contributed by atoms with van der Waals surface area (Å²) in [4.78, 5) is 29.7. The highest BCUT2D eigenvalue weighted by atomic mass is 16.5. The Morgan fingerprint density at radius 1 is 1.43 bits per heavy atom. The average Bonchev–Trinajstić information content (AvgIpc) is 2.59. The van der Waals surface area contributed by atoms with E-state index in [9.17, 15) is 9.59 Å². The molecule has 0 spiro atoms. The number of carbonyl (C=O) groups is 2. The van der Waals surface area contributed by atoms with Gasteiger partial charge in [-0.05, 0) is 38.3 Å². The molecular weight excluding hydrogens is 294 g/mol. The molecule has 0 fully saturated rings. The third-order valence-electron chi connectivity index (χ3n) is 3.40. The number of aromatic nitrogens is 1. The summed E-state index contributed by atoms with van der Waals surface area (Å²) in [6, 6.07) is 3.64. The first-order valence-corrected chi connectivity index (χ1v) is 7.56. The molecule has 2 heterocycles. The number of carbonyl (C=O) groups excluding carboxylic acids is 2. The van der Waals surface area contributed by atoms with Crippen LogP contribution in [0.4, 0.5) is 0 Å². The number of pyridine rings is 1. The van der Waals surface area contributed by atoms with Crippen molar-refractivity contribution in [1.29, 1.82) is 0 Å². The third-order valence-corrected chi connectivity index (χ3v) is 3.40. The smallest absolute Gasteiger partial charge is 0.339 e. The zero-order chi connectivity index (χ0) is 16.7. The summed E-state index contributed by atoms with van der Waals surface area (Å²) in [5.41, 5.74) is 1.09. The van der Waals surface area contributed by atoms with E-state index < -0.39 is 5.97 Å². The summed E-state index contributed by atoms with van der Waals surface area (Å²) in [6.07, 6.45) is 8.66. The van der Waals surface area contributed by atoms with Crippen molar-refractivity contribution in [1.82, 2.24) is 15.2 Å². The predicted octanol–water partition coefficient (Wildman–Crippen LogP) is 1.52. The first-order chi connectivity index (χ1) is 11.1. The first-order valence-electron chi connectivity index (χ1n) is 7.56. The van der Waals surface area contributed by atoms with Crippen LogP contribution in [0.15, 0.2) is 48.5 Å². The van der Waals surface area contributed by atoms with Gasteiger partial charge in [0.05, 0.1) is 12.1 Å². The average molecular weight is 315 g/mol. The van der Waals surface area contributed by atoms with Crippen LogP contribution in [0.2, 0.25) is 0 Å². The molecule has 0 atom stereocenters. The van der Waals surface area contributed by atoms with Crippen molar-refractivity contribution in [3.8, 4) is 0 Å². The van der Waals surface area contributed by atoms with Gasteiger partial charge in [0.15, 0.2) is 0 Å². The van der Waals surface area contributed by atoms with Crippen LogP contribution in [-0.2, 0) is 9.53 Å². The largest absolute Gasteiger partial charge is 0.460 e. The molecule has 122 valence electrons. The summed E-state index contributed by atoms with van der Waals surface area (Å²) < 4.78 is 5.09. The van der Waals surface area contributed by atoms with Crippen LogP contribution in [0.5, 0.6) is 0 Å². The standard InChI is InChI=1S/C17H21N3O3/c1-13(2)20-9-4-6-15(12-20)16(21)19-8-10-23-17(22)14-5-3-7-18-11-14/h3-7,9,11,13H,8,10,12H2,1-2H3,(H,19,21). The molecule has 1 N–H and O–H groups in total. The zero-order valence-electron chi connectivity index (χ0n) is 13.4. The molecule has 1 aliphatic heterocycles. The molecule has 0 radical (unpaired) electrons. The van der Waals surface area contributed by atoms with Crippen LogP contribution in [-0.4, -0.2) is 47.5 Å². The second kappa shape index (κ2) is 8.12. The zero-order valence-corrected chi connectivity index (χ0v) is 13.4.